The van der Waals surface area contributed by atoms with Crippen molar-refractivity contribution in [3.8, 4) is 0 Å². The molecular weight excluding hydrogens is 154 g/mol. The third-order valence-corrected chi connectivity index (χ3v) is 2.54. The Balaban J connectivity index is 2.29. The van der Waals surface area contributed by atoms with E-state index in [9.17, 15) is 0 Å². The van der Waals surface area contributed by atoms with Crippen LogP contribution >= 0.6 is 0 Å². The SMILES string of the molecule is NCC(CCO)C1CCCCO1. The maximum absolute atomic E-state index is 8.79. The van der Waals surface area contributed by atoms with Crippen LogP contribution < -0.4 is 5.73 Å². The smallest absolute Gasteiger partial charge is 0.0616 e. The van der Waals surface area contributed by atoms with E-state index in [0.29, 0.717) is 18.6 Å². The van der Waals surface area contributed by atoms with Crippen molar-refractivity contribution in [2.75, 3.05) is 19.8 Å². The number of hydrogen-bond donors (Lipinski definition) is 2. The summed E-state index contributed by atoms with van der Waals surface area (Å²) in [6.07, 6.45) is 4.61. The van der Waals surface area contributed by atoms with Crippen LogP contribution in [0.3, 0.4) is 0 Å². The maximum atomic E-state index is 8.79. The summed E-state index contributed by atoms with van der Waals surface area (Å²) in [6.45, 7) is 1.72. The predicted molar refractivity (Wildman–Crippen MR) is 47.8 cm³/mol. The lowest BCUT2D eigenvalue weighted by Crippen LogP contribution is -2.33. The van der Waals surface area contributed by atoms with Gasteiger partial charge in [0.05, 0.1) is 6.10 Å². The van der Waals surface area contributed by atoms with Gasteiger partial charge in [-0.2, -0.15) is 0 Å². The molecule has 1 aliphatic heterocycles. The number of rotatable bonds is 4. The van der Waals surface area contributed by atoms with E-state index in [1.54, 1.807) is 0 Å². The minimum atomic E-state index is 0.224. The highest BCUT2D eigenvalue weighted by molar-refractivity contribution is 4.73. The average Bonchev–Trinajstić information content (AvgIpc) is 2.15. The molecule has 0 saturated carbocycles. The van der Waals surface area contributed by atoms with Crippen LogP contribution in [0, 0.1) is 5.92 Å². The van der Waals surface area contributed by atoms with Gasteiger partial charge in [-0.15, -0.1) is 0 Å². The molecule has 0 radical (unpaired) electrons. The summed E-state index contributed by atoms with van der Waals surface area (Å²) in [5, 5.41) is 8.79. The van der Waals surface area contributed by atoms with Crippen LogP contribution in [0.2, 0.25) is 0 Å². The molecule has 12 heavy (non-hydrogen) atoms. The first kappa shape index (κ1) is 9.96. The molecule has 2 unspecified atom stereocenters. The van der Waals surface area contributed by atoms with Gasteiger partial charge in [0.25, 0.3) is 0 Å². The van der Waals surface area contributed by atoms with Gasteiger partial charge in [0.15, 0.2) is 0 Å². The van der Waals surface area contributed by atoms with Gasteiger partial charge < -0.3 is 15.6 Å². The van der Waals surface area contributed by atoms with E-state index < -0.39 is 0 Å². The van der Waals surface area contributed by atoms with Crippen molar-refractivity contribution in [2.24, 2.45) is 11.7 Å². The Bertz CT molecular complexity index is 110. The summed E-state index contributed by atoms with van der Waals surface area (Å²) in [7, 11) is 0. The zero-order valence-corrected chi connectivity index (χ0v) is 7.54. The van der Waals surface area contributed by atoms with Gasteiger partial charge in [-0.25, -0.2) is 0 Å². The number of aliphatic hydroxyl groups is 1. The van der Waals surface area contributed by atoms with E-state index in [0.717, 1.165) is 19.4 Å². The molecule has 3 heteroatoms. The number of hydrogen-bond acceptors (Lipinski definition) is 3. The fourth-order valence-electron chi connectivity index (χ4n) is 1.76. The van der Waals surface area contributed by atoms with E-state index >= 15 is 0 Å². The Hall–Kier alpha value is -0.120. The summed E-state index contributed by atoms with van der Waals surface area (Å²) < 4.78 is 5.59. The highest BCUT2D eigenvalue weighted by atomic mass is 16.5. The van der Waals surface area contributed by atoms with Crippen LogP contribution in [0.25, 0.3) is 0 Å². The van der Waals surface area contributed by atoms with Crippen molar-refractivity contribution in [1.82, 2.24) is 0 Å². The van der Waals surface area contributed by atoms with Crippen molar-refractivity contribution in [3.63, 3.8) is 0 Å². The lowest BCUT2D eigenvalue weighted by atomic mass is 9.93. The predicted octanol–water partition coefficient (Wildman–Crippen LogP) is 0.513. The topological polar surface area (TPSA) is 55.5 Å². The molecule has 1 saturated heterocycles. The van der Waals surface area contributed by atoms with Crippen LogP contribution in [0.1, 0.15) is 25.7 Å². The highest BCUT2D eigenvalue weighted by Crippen LogP contribution is 2.21. The summed E-state index contributed by atoms with van der Waals surface area (Å²) in [6, 6.07) is 0. The molecule has 3 N–H and O–H groups in total. The summed E-state index contributed by atoms with van der Waals surface area (Å²) >= 11 is 0. The van der Waals surface area contributed by atoms with Crippen LogP contribution in [0.15, 0.2) is 0 Å². The normalized spacial score (nSPS) is 27.0. The quantitative estimate of drug-likeness (QED) is 0.651. The molecule has 0 bridgehead atoms. The lowest BCUT2D eigenvalue weighted by Gasteiger charge is -2.29. The monoisotopic (exact) mass is 173 g/mol. The third-order valence-electron chi connectivity index (χ3n) is 2.54. The Morgan fingerprint density at radius 1 is 1.50 bits per heavy atom. The van der Waals surface area contributed by atoms with Gasteiger partial charge in [-0.1, -0.05) is 0 Å². The molecule has 0 aliphatic carbocycles. The second kappa shape index (κ2) is 5.51. The number of nitrogens with two attached hydrogens (primary N) is 1. The van der Waals surface area contributed by atoms with E-state index in [1.807, 2.05) is 0 Å². The van der Waals surface area contributed by atoms with Gasteiger partial charge >= 0.3 is 0 Å². The largest absolute Gasteiger partial charge is 0.396 e. The molecule has 0 aromatic carbocycles. The lowest BCUT2D eigenvalue weighted by molar-refractivity contribution is -0.0241. The van der Waals surface area contributed by atoms with Gasteiger partial charge in [0, 0.05) is 13.2 Å². The molecule has 72 valence electrons. The van der Waals surface area contributed by atoms with Gasteiger partial charge in [0.2, 0.25) is 0 Å². The Morgan fingerprint density at radius 2 is 2.33 bits per heavy atom. The van der Waals surface area contributed by atoms with Gasteiger partial charge in [0.1, 0.15) is 0 Å². The Kier molecular flexibility index (Phi) is 4.58. The molecule has 1 fully saturated rings. The molecule has 1 rings (SSSR count). The number of ether oxygens (including phenoxy) is 1. The summed E-state index contributed by atoms with van der Waals surface area (Å²) in [5.41, 5.74) is 5.60. The molecule has 1 aliphatic rings. The second-order valence-corrected chi connectivity index (χ2v) is 3.41. The first-order valence-corrected chi connectivity index (χ1v) is 4.81. The minimum absolute atomic E-state index is 0.224. The highest BCUT2D eigenvalue weighted by Gasteiger charge is 2.22. The standard InChI is InChI=1S/C9H19NO2/c10-7-8(4-5-11)9-3-1-2-6-12-9/h8-9,11H,1-7,10H2. The molecule has 0 spiro atoms. The maximum Gasteiger partial charge on any atom is 0.0616 e. The fraction of sp³-hybridized carbons (Fsp3) is 1.00. The first-order chi connectivity index (χ1) is 5.88. The van der Waals surface area contributed by atoms with Crippen molar-refractivity contribution in [3.05, 3.63) is 0 Å². The zero-order chi connectivity index (χ0) is 8.81. The summed E-state index contributed by atoms with van der Waals surface area (Å²) in [5.74, 6) is 0.357. The molecule has 0 aromatic rings. The van der Waals surface area contributed by atoms with Crippen molar-refractivity contribution >= 4 is 0 Å². The molecule has 2 atom stereocenters. The average molecular weight is 173 g/mol. The first-order valence-electron chi connectivity index (χ1n) is 4.81. The van der Waals surface area contributed by atoms with Crippen LogP contribution in [-0.4, -0.2) is 31.0 Å². The van der Waals surface area contributed by atoms with Crippen LogP contribution in [0.4, 0.5) is 0 Å². The molecule has 1 heterocycles. The Morgan fingerprint density at radius 3 is 2.83 bits per heavy atom. The van der Waals surface area contributed by atoms with Crippen LogP contribution in [-0.2, 0) is 4.74 Å². The van der Waals surface area contributed by atoms with Crippen molar-refractivity contribution in [2.45, 2.75) is 31.8 Å². The minimum Gasteiger partial charge on any atom is -0.396 e. The molecule has 0 amide bonds. The van der Waals surface area contributed by atoms with Crippen molar-refractivity contribution in [1.29, 1.82) is 0 Å². The fourth-order valence-corrected chi connectivity index (χ4v) is 1.76. The van der Waals surface area contributed by atoms with Crippen LogP contribution in [0.5, 0.6) is 0 Å². The number of aliphatic hydroxyl groups excluding tert-OH is 1. The van der Waals surface area contributed by atoms with Crippen molar-refractivity contribution < 1.29 is 9.84 Å². The summed E-state index contributed by atoms with van der Waals surface area (Å²) in [4.78, 5) is 0. The van der Waals surface area contributed by atoms with E-state index in [4.69, 9.17) is 15.6 Å². The van der Waals surface area contributed by atoms with E-state index in [2.05, 4.69) is 0 Å². The van der Waals surface area contributed by atoms with Gasteiger partial charge in [-0.3, -0.25) is 0 Å². The third kappa shape index (κ3) is 2.73. The Labute approximate surface area is 73.9 Å². The molecule has 0 aromatic heterocycles. The van der Waals surface area contributed by atoms with Gasteiger partial charge in [-0.05, 0) is 38.1 Å². The molecule has 3 nitrogen and oxygen atoms in total. The van der Waals surface area contributed by atoms with E-state index in [1.165, 1.54) is 12.8 Å². The molecular formula is C9H19NO2. The van der Waals surface area contributed by atoms with E-state index in [-0.39, 0.29) is 6.61 Å². The zero-order valence-electron chi connectivity index (χ0n) is 7.54. The second-order valence-electron chi connectivity index (χ2n) is 3.41.